The van der Waals surface area contributed by atoms with Crippen LogP contribution in [0.3, 0.4) is 0 Å². The van der Waals surface area contributed by atoms with Crippen molar-refractivity contribution in [1.29, 1.82) is 0 Å². The third kappa shape index (κ3) is 5.39. The maximum Gasteiger partial charge on any atom is 0.269 e. The highest BCUT2D eigenvalue weighted by molar-refractivity contribution is 5.44. The van der Waals surface area contributed by atoms with Crippen LogP contribution in [0.1, 0.15) is 16.8 Å². The first kappa shape index (κ1) is 23.1. The van der Waals surface area contributed by atoms with Gasteiger partial charge in [-0.3, -0.25) is 15.0 Å². The average Bonchev–Trinajstić information content (AvgIpc) is 2.86. The second-order valence-electron chi connectivity index (χ2n) is 8.98. The van der Waals surface area contributed by atoms with Crippen LogP contribution in [0, 0.1) is 15.9 Å². The maximum atomic E-state index is 13.4. The zero-order valence-corrected chi connectivity index (χ0v) is 19.6. The number of hydrogen-bond acceptors (Lipinski definition) is 8. The molecule has 9 nitrogen and oxygen atoms in total. The number of anilines is 1. The first-order chi connectivity index (χ1) is 16.9. The van der Waals surface area contributed by atoms with E-state index in [1.807, 2.05) is 0 Å². The van der Waals surface area contributed by atoms with Gasteiger partial charge in [-0.05, 0) is 36.9 Å². The molecular formula is C25H27FN6O3. The number of fused-ring (bicyclic) bond motifs is 1. The summed E-state index contributed by atoms with van der Waals surface area (Å²) in [5, 5.41) is 10.9. The summed E-state index contributed by atoms with van der Waals surface area (Å²) in [4.78, 5) is 27.0. The number of nitro benzene ring substituents is 1. The zero-order valence-electron chi connectivity index (χ0n) is 19.6. The molecule has 0 bridgehead atoms. The smallest absolute Gasteiger partial charge is 0.269 e. The standard InChI is InChI=1S/C25H27FN6O3/c1-29-12-14-31(15-13-29)25-27-23-10-11-30(16-18-2-6-20(7-3-18)32(33)34)17-22(23)24(28-25)35-21-8-4-19(26)5-9-21/h2-9H,10-17H2,1H3. The molecule has 182 valence electrons. The predicted octanol–water partition coefficient (Wildman–Crippen LogP) is 3.63. The van der Waals surface area contributed by atoms with Crippen LogP contribution < -0.4 is 9.64 Å². The van der Waals surface area contributed by atoms with Crippen LogP contribution in [0.4, 0.5) is 16.0 Å². The Labute approximate surface area is 202 Å². The molecule has 0 spiro atoms. The lowest BCUT2D eigenvalue weighted by molar-refractivity contribution is -0.384. The fourth-order valence-corrected chi connectivity index (χ4v) is 4.39. The Morgan fingerprint density at radius 1 is 1.00 bits per heavy atom. The predicted molar refractivity (Wildman–Crippen MR) is 129 cm³/mol. The number of hydrogen-bond donors (Lipinski definition) is 0. The number of nitrogens with zero attached hydrogens (tertiary/aromatic N) is 6. The molecule has 3 aromatic rings. The summed E-state index contributed by atoms with van der Waals surface area (Å²) in [5.74, 6) is 1.35. The lowest BCUT2D eigenvalue weighted by Gasteiger charge is -2.34. The van der Waals surface area contributed by atoms with E-state index in [1.165, 1.54) is 24.3 Å². The van der Waals surface area contributed by atoms with Crippen molar-refractivity contribution in [2.45, 2.75) is 19.5 Å². The third-order valence-electron chi connectivity index (χ3n) is 6.46. The van der Waals surface area contributed by atoms with Crippen molar-refractivity contribution in [2.75, 3.05) is 44.7 Å². The first-order valence-electron chi connectivity index (χ1n) is 11.7. The van der Waals surface area contributed by atoms with E-state index in [2.05, 4.69) is 21.7 Å². The molecule has 0 N–H and O–H groups in total. The summed E-state index contributed by atoms with van der Waals surface area (Å²) in [6.07, 6.45) is 0.741. The second-order valence-corrected chi connectivity index (χ2v) is 8.98. The van der Waals surface area contributed by atoms with Gasteiger partial charge in [-0.2, -0.15) is 4.98 Å². The number of nitro groups is 1. The number of piperazine rings is 1. The third-order valence-corrected chi connectivity index (χ3v) is 6.46. The quantitative estimate of drug-likeness (QED) is 0.392. The molecule has 0 unspecified atom stereocenters. The van der Waals surface area contributed by atoms with Gasteiger partial charge < -0.3 is 14.5 Å². The summed E-state index contributed by atoms with van der Waals surface area (Å²) < 4.78 is 19.6. The maximum absolute atomic E-state index is 13.4. The molecule has 2 aliphatic rings. The lowest BCUT2D eigenvalue weighted by Crippen LogP contribution is -2.45. The summed E-state index contributed by atoms with van der Waals surface area (Å²) in [6.45, 7) is 5.61. The van der Waals surface area contributed by atoms with E-state index in [0.717, 1.165) is 56.0 Å². The van der Waals surface area contributed by atoms with Crippen molar-refractivity contribution in [3.63, 3.8) is 0 Å². The van der Waals surface area contributed by atoms with Crippen molar-refractivity contribution >= 4 is 11.6 Å². The van der Waals surface area contributed by atoms with E-state index in [9.17, 15) is 14.5 Å². The molecule has 10 heteroatoms. The summed E-state index contributed by atoms with van der Waals surface area (Å²) in [5.41, 5.74) is 2.96. The molecule has 0 aliphatic carbocycles. The molecule has 0 saturated carbocycles. The highest BCUT2D eigenvalue weighted by atomic mass is 19.1. The average molecular weight is 479 g/mol. The second kappa shape index (κ2) is 9.93. The Kier molecular flexibility index (Phi) is 6.56. The number of aromatic nitrogens is 2. The van der Waals surface area contributed by atoms with Gasteiger partial charge in [-0.1, -0.05) is 12.1 Å². The Balaban J connectivity index is 1.41. The van der Waals surface area contributed by atoms with Crippen molar-refractivity contribution in [1.82, 2.24) is 19.8 Å². The minimum atomic E-state index is -0.394. The van der Waals surface area contributed by atoms with Gasteiger partial charge in [0.15, 0.2) is 0 Å². The fourth-order valence-electron chi connectivity index (χ4n) is 4.39. The van der Waals surface area contributed by atoms with E-state index in [4.69, 9.17) is 14.7 Å². The topological polar surface area (TPSA) is 87.9 Å². The van der Waals surface area contributed by atoms with Crippen LogP contribution >= 0.6 is 0 Å². The van der Waals surface area contributed by atoms with Crippen LogP contribution in [-0.2, 0) is 19.5 Å². The monoisotopic (exact) mass is 478 g/mol. The van der Waals surface area contributed by atoms with E-state index in [1.54, 1.807) is 24.3 Å². The largest absolute Gasteiger partial charge is 0.438 e. The minimum Gasteiger partial charge on any atom is -0.438 e. The fraction of sp³-hybridized carbons (Fsp3) is 0.360. The van der Waals surface area contributed by atoms with Crippen LogP contribution in [0.25, 0.3) is 0 Å². The number of rotatable bonds is 6. The van der Waals surface area contributed by atoms with Gasteiger partial charge in [0.05, 0.1) is 16.2 Å². The number of benzene rings is 2. The van der Waals surface area contributed by atoms with Gasteiger partial charge in [-0.15, -0.1) is 0 Å². The minimum absolute atomic E-state index is 0.0811. The molecule has 35 heavy (non-hydrogen) atoms. The Morgan fingerprint density at radius 2 is 1.71 bits per heavy atom. The number of non-ortho nitro benzene ring substituents is 1. The van der Waals surface area contributed by atoms with E-state index in [0.29, 0.717) is 30.7 Å². The van der Waals surface area contributed by atoms with Gasteiger partial charge in [0.1, 0.15) is 11.6 Å². The SMILES string of the molecule is CN1CCN(c2nc3c(c(Oc4ccc(F)cc4)n2)CN(Cc2ccc([N+](=O)[O-])cc2)CC3)CC1. The van der Waals surface area contributed by atoms with Gasteiger partial charge >= 0.3 is 0 Å². The molecule has 1 saturated heterocycles. The number of ether oxygens (including phenoxy) is 1. The molecule has 0 amide bonds. The zero-order chi connectivity index (χ0) is 24.4. The van der Waals surface area contributed by atoms with Gasteiger partial charge in [0, 0.05) is 64.4 Å². The molecule has 0 atom stereocenters. The molecule has 2 aromatic carbocycles. The van der Waals surface area contributed by atoms with Crippen LogP contribution in [0.15, 0.2) is 48.5 Å². The Hall–Kier alpha value is -3.63. The van der Waals surface area contributed by atoms with E-state index >= 15 is 0 Å². The lowest BCUT2D eigenvalue weighted by atomic mass is 10.1. The highest BCUT2D eigenvalue weighted by Gasteiger charge is 2.26. The Morgan fingerprint density at radius 3 is 2.40 bits per heavy atom. The molecule has 2 aliphatic heterocycles. The highest BCUT2D eigenvalue weighted by Crippen LogP contribution is 2.32. The van der Waals surface area contributed by atoms with Crippen LogP contribution in [-0.4, -0.2) is 64.5 Å². The van der Waals surface area contributed by atoms with Crippen molar-refractivity contribution in [2.24, 2.45) is 0 Å². The van der Waals surface area contributed by atoms with Gasteiger partial charge in [0.25, 0.3) is 5.69 Å². The molecule has 1 fully saturated rings. The molecular weight excluding hydrogens is 451 g/mol. The molecule has 3 heterocycles. The first-order valence-corrected chi connectivity index (χ1v) is 11.7. The van der Waals surface area contributed by atoms with E-state index in [-0.39, 0.29) is 11.5 Å². The number of likely N-dealkylation sites (N-methyl/N-ethyl adjacent to an activating group) is 1. The van der Waals surface area contributed by atoms with Crippen LogP contribution in [0.2, 0.25) is 0 Å². The van der Waals surface area contributed by atoms with Crippen LogP contribution in [0.5, 0.6) is 11.6 Å². The molecule has 1 aromatic heterocycles. The summed E-state index contributed by atoms with van der Waals surface area (Å²) in [7, 11) is 2.10. The van der Waals surface area contributed by atoms with Crippen molar-refractivity contribution in [3.05, 3.63) is 81.3 Å². The summed E-state index contributed by atoms with van der Waals surface area (Å²) >= 11 is 0. The van der Waals surface area contributed by atoms with Gasteiger partial charge in [-0.25, -0.2) is 9.37 Å². The number of halogens is 1. The Bertz CT molecular complexity index is 1200. The van der Waals surface area contributed by atoms with Crippen molar-refractivity contribution < 1.29 is 14.1 Å². The van der Waals surface area contributed by atoms with Gasteiger partial charge in [0.2, 0.25) is 11.8 Å². The van der Waals surface area contributed by atoms with Crippen molar-refractivity contribution in [3.8, 4) is 11.6 Å². The van der Waals surface area contributed by atoms with E-state index < -0.39 is 4.92 Å². The molecule has 5 rings (SSSR count). The summed E-state index contributed by atoms with van der Waals surface area (Å²) in [6, 6.07) is 12.6. The molecule has 0 radical (unpaired) electrons. The normalized spacial score (nSPS) is 16.7.